The number of likely N-dealkylation sites (N-methyl/N-ethyl adjacent to an activating group) is 1. The van der Waals surface area contributed by atoms with Crippen LogP contribution < -0.4 is 10.8 Å². The molecule has 0 aromatic heterocycles. The van der Waals surface area contributed by atoms with Gasteiger partial charge < -0.3 is 20.2 Å². The Kier molecular flexibility index (Phi) is 9.02. The Morgan fingerprint density at radius 1 is 1.21 bits per heavy atom. The number of rotatable bonds is 11. The van der Waals surface area contributed by atoms with Crippen LogP contribution >= 0.6 is 7.82 Å². The quantitative estimate of drug-likeness (QED) is 0.241. The van der Waals surface area contributed by atoms with E-state index in [9.17, 15) is 14.6 Å². The Bertz CT molecular complexity index is 283. The molecule has 0 aliphatic heterocycles. The molecule has 0 heterocycles. The number of nitrogens with zero attached hydrogens (tertiary/aromatic N) is 1. The zero-order chi connectivity index (χ0) is 14.9. The van der Waals surface area contributed by atoms with Crippen molar-refractivity contribution in [2.75, 3.05) is 40.9 Å². The summed E-state index contributed by atoms with van der Waals surface area (Å²) in [6, 6.07) is 0. The number of quaternary nitrogens is 1. The molecule has 19 heavy (non-hydrogen) atoms. The molecule has 0 aromatic rings. The van der Waals surface area contributed by atoms with Crippen LogP contribution in [-0.2, 0) is 13.6 Å². The first-order valence-electron chi connectivity index (χ1n) is 6.48. The van der Waals surface area contributed by atoms with Crippen molar-refractivity contribution in [1.82, 2.24) is 0 Å². The van der Waals surface area contributed by atoms with Crippen LogP contribution in [0.2, 0.25) is 0 Å². The van der Waals surface area contributed by atoms with Crippen molar-refractivity contribution in [3.8, 4) is 0 Å². The van der Waals surface area contributed by atoms with Crippen molar-refractivity contribution in [2.24, 2.45) is 5.73 Å². The Morgan fingerprint density at radius 2 is 1.79 bits per heavy atom. The SMILES string of the molecule is C[N+](C)(C)C([O-])COP(=O)(O)OCCCCCCN. The standard InChI is InChI=1S/C11H27N2O5P/c1-13(2,3)11(14)10-18-19(15,16)17-9-7-5-4-6-8-12/h11H,4-10,12H2,1-3H3,(H,15,16). The average molecular weight is 298 g/mol. The molecule has 0 fully saturated rings. The number of phosphoric acid groups is 1. The van der Waals surface area contributed by atoms with E-state index in [2.05, 4.69) is 4.52 Å². The van der Waals surface area contributed by atoms with Crippen LogP contribution in [0.3, 0.4) is 0 Å². The van der Waals surface area contributed by atoms with E-state index in [0.29, 0.717) is 13.0 Å². The van der Waals surface area contributed by atoms with Crippen molar-refractivity contribution in [2.45, 2.75) is 31.9 Å². The van der Waals surface area contributed by atoms with Crippen molar-refractivity contribution >= 4 is 7.82 Å². The predicted molar refractivity (Wildman–Crippen MR) is 71.1 cm³/mol. The minimum atomic E-state index is -4.11. The van der Waals surface area contributed by atoms with Crippen molar-refractivity contribution in [3.63, 3.8) is 0 Å². The third-order valence-electron chi connectivity index (χ3n) is 2.60. The number of nitrogens with two attached hydrogens (primary N) is 1. The minimum absolute atomic E-state index is 0.110. The molecule has 0 aliphatic rings. The van der Waals surface area contributed by atoms with Crippen LogP contribution in [-0.4, -0.2) is 56.5 Å². The highest BCUT2D eigenvalue weighted by Gasteiger charge is 2.23. The Balaban J connectivity index is 3.78. The largest absolute Gasteiger partial charge is 0.804 e. The lowest BCUT2D eigenvalue weighted by atomic mass is 10.2. The van der Waals surface area contributed by atoms with Gasteiger partial charge in [0.2, 0.25) is 0 Å². The lowest BCUT2D eigenvalue weighted by Crippen LogP contribution is -2.55. The van der Waals surface area contributed by atoms with E-state index in [1.54, 1.807) is 21.1 Å². The maximum atomic E-state index is 11.6. The molecule has 0 spiro atoms. The zero-order valence-electron chi connectivity index (χ0n) is 12.1. The van der Waals surface area contributed by atoms with E-state index in [0.717, 1.165) is 19.3 Å². The summed E-state index contributed by atoms with van der Waals surface area (Å²) in [6.07, 6.45) is 2.34. The molecule has 8 heteroatoms. The third-order valence-corrected chi connectivity index (χ3v) is 3.58. The van der Waals surface area contributed by atoms with Crippen LogP contribution in [0.15, 0.2) is 0 Å². The van der Waals surface area contributed by atoms with Gasteiger partial charge in [0.05, 0.1) is 34.4 Å². The summed E-state index contributed by atoms with van der Waals surface area (Å²) in [5.41, 5.74) is 5.35. The summed E-state index contributed by atoms with van der Waals surface area (Å²) < 4.78 is 21.1. The summed E-state index contributed by atoms with van der Waals surface area (Å²) in [6.45, 7) is 0.440. The molecular weight excluding hydrogens is 271 g/mol. The summed E-state index contributed by atoms with van der Waals surface area (Å²) in [7, 11) is 0.982. The number of unbranched alkanes of at least 4 members (excludes halogenated alkanes) is 3. The summed E-state index contributed by atoms with van der Waals surface area (Å²) >= 11 is 0. The van der Waals surface area contributed by atoms with Gasteiger partial charge in [-0.05, 0) is 19.4 Å². The molecule has 0 saturated carbocycles. The molecule has 0 bridgehead atoms. The van der Waals surface area contributed by atoms with Crippen LogP contribution in [0, 0.1) is 0 Å². The topological polar surface area (TPSA) is 105 Å². The Morgan fingerprint density at radius 3 is 2.32 bits per heavy atom. The van der Waals surface area contributed by atoms with Crippen LogP contribution in [0.5, 0.6) is 0 Å². The zero-order valence-corrected chi connectivity index (χ0v) is 13.0. The molecule has 0 amide bonds. The first-order chi connectivity index (χ1) is 8.69. The van der Waals surface area contributed by atoms with Crippen molar-refractivity contribution < 1.29 is 28.1 Å². The minimum Gasteiger partial charge on any atom is -0.804 e. The van der Waals surface area contributed by atoms with E-state index < -0.39 is 14.1 Å². The first-order valence-corrected chi connectivity index (χ1v) is 7.97. The van der Waals surface area contributed by atoms with Crippen LogP contribution in [0.25, 0.3) is 0 Å². The number of phosphoric ester groups is 1. The molecule has 0 aliphatic carbocycles. The lowest BCUT2D eigenvalue weighted by molar-refractivity contribution is -0.969. The monoisotopic (exact) mass is 298 g/mol. The van der Waals surface area contributed by atoms with Gasteiger partial charge in [0.15, 0.2) is 0 Å². The maximum absolute atomic E-state index is 11.6. The number of hydrogen-bond donors (Lipinski definition) is 2. The summed E-state index contributed by atoms with van der Waals surface area (Å²) in [5.74, 6) is 0. The smallest absolute Gasteiger partial charge is 0.472 e. The Hall–Kier alpha value is -0.0100. The molecule has 3 N–H and O–H groups in total. The summed E-state index contributed by atoms with van der Waals surface area (Å²) in [5, 5.41) is 11.6. The van der Waals surface area contributed by atoms with Gasteiger partial charge in [0.1, 0.15) is 0 Å². The third kappa shape index (κ3) is 10.4. The van der Waals surface area contributed by atoms with Crippen molar-refractivity contribution in [1.29, 1.82) is 0 Å². The second kappa shape index (κ2) is 9.02. The normalized spacial score (nSPS) is 17.2. The lowest BCUT2D eigenvalue weighted by Gasteiger charge is -2.38. The molecule has 2 atom stereocenters. The molecule has 0 aromatic carbocycles. The highest BCUT2D eigenvalue weighted by Crippen LogP contribution is 2.43. The second-order valence-electron chi connectivity index (χ2n) is 5.37. The average Bonchev–Trinajstić information content (AvgIpc) is 2.29. The van der Waals surface area contributed by atoms with E-state index >= 15 is 0 Å². The Labute approximate surface area is 115 Å². The van der Waals surface area contributed by atoms with Crippen LogP contribution in [0.1, 0.15) is 25.7 Å². The molecule has 0 radical (unpaired) electrons. The molecule has 0 saturated heterocycles. The molecular formula is C11H27N2O5P. The number of hydrogen-bond acceptors (Lipinski definition) is 5. The molecule has 7 nitrogen and oxygen atoms in total. The second-order valence-corrected chi connectivity index (χ2v) is 6.82. The van der Waals surface area contributed by atoms with Gasteiger partial charge in [-0.2, -0.15) is 0 Å². The van der Waals surface area contributed by atoms with Gasteiger partial charge in [-0.25, -0.2) is 4.57 Å². The first kappa shape index (κ1) is 19.0. The van der Waals surface area contributed by atoms with E-state index in [4.69, 9.17) is 10.3 Å². The van der Waals surface area contributed by atoms with Crippen molar-refractivity contribution in [3.05, 3.63) is 0 Å². The van der Waals surface area contributed by atoms with Gasteiger partial charge >= 0.3 is 7.82 Å². The fourth-order valence-electron chi connectivity index (χ4n) is 1.20. The highest BCUT2D eigenvalue weighted by molar-refractivity contribution is 7.47. The van der Waals surface area contributed by atoms with Gasteiger partial charge in [0.25, 0.3) is 0 Å². The fourth-order valence-corrected chi connectivity index (χ4v) is 1.95. The van der Waals surface area contributed by atoms with Gasteiger partial charge in [-0.15, -0.1) is 0 Å². The van der Waals surface area contributed by atoms with Gasteiger partial charge in [-0.1, -0.05) is 12.8 Å². The predicted octanol–water partition coefficient (Wildman–Crippen LogP) is 0.0317. The molecule has 116 valence electrons. The van der Waals surface area contributed by atoms with E-state index in [1.165, 1.54) is 0 Å². The fraction of sp³-hybridized carbons (Fsp3) is 1.00. The molecule has 2 unspecified atom stereocenters. The highest BCUT2D eigenvalue weighted by atomic mass is 31.2. The van der Waals surface area contributed by atoms with E-state index in [-0.39, 0.29) is 17.7 Å². The van der Waals surface area contributed by atoms with Gasteiger partial charge in [0, 0.05) is 6.23 Å². The molecule has 0 rings (SSSR count). The maximum Gasteiger partial charge on any atom is 0.472 e. The van der Waals surface area contributed by atoms with Crippen LogP contribution in [0.4, 0.5) is 0 Å². The summed E-state index contributed by atoms with van der Waals surface area (Å²) in [4.78, 5) is 9.38. The van der Waals surface area contributed by atoms with E-state index in [1.807, 2.05) is 0 Å². The van der Waals surface area contributed by atoms with Gasteiger partial charge in [-0.3, -0.25) is 9.05 Å².